The summed E-state index contributed by atoms with van der Waals surface area (Å²) in [4.78, 5) is 0.838. The smallest absolute Gasteiger partial charge is 0.384 e. The summed E-state index contributed by atoms with van der Waals surface area (Å²) in [5.41, 5.74) is -1.08. The molecule has 11 heteroatoms. The maximum absolute atomic E-state index is 13.8. The highest BCUT2D eigenvalue weighted by atomic mass is 35.5. The van der Waals surface area contributed by atoms with Crippen molar-refractivity contribution in [3.63, 3.8) is 0 Å². The highest BCUT2D eigenvalue weighted by Gasteiger charge is 2.77. The number of nitriles is 1. The molecular formula is C17H13ClF7N3. The zero-order chi connectivity index (χ0) is 21.7. The van der Waals surface area contributed by atoms with E-state index in [1.54, 1.807) is 0 Å². The van der Waals surface area contributed by atoms with Gasteiger partial charge in [0.15, 0.2) is 0 Å². The van der Waals surface area contributed by atoms with E-state index in [4.69, 9.17) is 17.3 Å². The minimum Gasteiger partial charge on any atom is -0.384 e. The number of rotatable bonds is 1. The van der Waals surface area contributed by atoms with Crippen LogP contribution in [0.25, 0.3) is 0 Å². The molecule has 0 spiro atoms. The van der Waals surface area contributed by atoms with Gasteiger partial charge in [0.25, 0.3) is 0 Å². The molecule has 0 aromatic heterocycles. The van der Waals surface area contributed by atoms with Crippen LogP contribution in [0.2, 0.25) is 5.02 Å². The number of anilines is 1. The summed E-state index contributed by atoms with van der Waals surface area (Å²) in [6.45, 7) is 1.93. The minimum atomic E-state index is -5.86. The lowest BCUT2D eigenvalue weighted by Gasteiger charge is -2.49. The van der Waals surface area contributed by atoms with Gasteiger partial charge in [-0.25, -0.2) is 4.39 Å². The molecule has 0 bridgehead atoms. The molecule has 0 saturated carbocycles. The number of benzene rings is 1. The fourth-order valence-corrected chi connectivity index (χ4v) is 3.63. The molecule has 1 aromatic rings. The Balaban J connectivity index is 2.96. The lowest BCUT2D eigenvalue weighted by molar-refractivity contribution is -0.337. The third-order valence-electron chi connectivity index (χ3n) is 4.71. The van der Waals surface area contributed by atoms with Gasteiger partial charge in [0, 0.05) is 17.3 Å². The largest absolute Gasteiger partial charge is 0.408 e. The van der Waals surface area contributed by atoms with E-state index >= 15 is 0 Å². The maximum Gasteiger partial charge on any atom is 0.408 e. The number of hydrogen-bond donors (Lipinski definition) is 1. The van der Waals surface area contributed by atoms with Crippen LogP contribution in [0, 0.1) is 28.5 Å². The highest BCUT2D eigenvalue weighted by Crippen LogP contribution is 2.63. The first-order valence-corrected chi connectivity index (χ1v) is 8.08. The molecule has 1 atom stereocenters. The van der Waals surface area contributed by atoms with E-state index in [0.717, 1.165) is 35.2 Å². The van der Waals surface area contributed by atoms with Crippen LogP contribution in [0.1, 0.15) is 13.8 Å². The molecule has 0 aliphatic carbocycles. The van der Waals surface area contributed by atoms with Gasteiger partial charge in [0.05, 0.1) is 16.7 Å². The van der Waals surface area contributed by atoms with Crippen LogP contribution in [-0.2, 0) is 0 Å². The van der Waals surface area contributed by atoms with Crippen LogP contribution in [0.4, 0.5) is 36.4 Å². The van der Waals surface area contributed by atoms with Crippen LogP contribution in [0.3, 0.4) is 0 Å². The van der Waals surface area contributed by atoms with Crippen LogP contribution < -0.4 is 10.6 Å². The van der Waals surface area contributed by atoms with Gasteiger partial charge >= 0.3 is 12.4 Å². The summed E-state index contributed by atoms with van der Waals surface area (Å²) in [6.07, 6.45) is -10.7. The maximum atomic E-state index is 13.8. The molecule has 2 rings (SSSR count). The number of halogens is 8. The van der Waals surface area contributed by atoms with Crippen LogP contribution >= 0.6 is 11.6 Å². The predicted molar refractivity (Wildman–Crippen MR) is 88.2 cm³/mol. The number of allylic oxidation sites excluding steroid dienone is 3. The molecule has 1 aliphatic rings. The summed E-state index contributed by atoms with van der Waals surface area (Å²) in [5, 5.41) is 8.82. The van der Waals surface area contributed by atoms with E-state index in [1.807, 2.05) is 0 Å². The highest BCUT2D eigenvalue weighted by molar-refractivity contribution is 6.31. The molecule has 0 saturated heterocycles. The van der Waals surface area contributed by atoms with E-state index in [0.29, 0.717) is 6.92 Å². The first-order chi connectivity index (χ1) is 12.8. The van der Waals surface area contributed by atoms with Crippen molar-refractivity contribution in [2.45, 2.75) is 26.2 Å². The summed E-state index contributed by atoms with van der Waals surface area (Å²) in [7, 11) is 0. The standard InChI is InChI=1S/C17H13ClF7N3/c1-3-13-8(2)15(16(20,21)22,17(23,24)25)10(7-26)14(27)28(13)9-4-5-12(19)11(18)6-9/h3-6,8H,27H2,1-2H3/b13-3+/t8-/m0/s1. The Labute approximate surface area is 160 Å². The molecule has 2 N–H and O–H groups in total. The predicted octanol–water partition coefficient (Wildman–Crippen LogP) is 5.64. The Hall–Kier alpha value is -2.41. The lowest BCUT2D eigenvalue weighted by Crippen LogP contribution is -2.60. The van der Waals surface area contributed by atoms with Gasteiger partial charge in [0.1, 0.15) is 11.6 Å². The van der Waals surface area contributed by atoms with E-state index in [9.17, 15) is 36.0 Å². The molecule has 28 heavy (non-hydrogen) atoms. The van der Waals surface area contributed by atoms with Crippen LogP contribution in [0.5, 0.6) is 0 Å². The molecule has 0 amide bonds. The van der Waals surface area contributed by atoms with Crippen LogP contribution in [-0.4, -0.2) is 12.4 Å². The molecule has 3 nitrogen and oxygen atoms in total. The summed E-state index contributed by atoms with van der Waals surface area (Å²) < 4.78 is 96.4. The quantitative estimate of drug-likeness (QED) is 0.590. The number of alkyl halides is 6. The van der Waals surface area contributed by atoms with E-state index in [-0.39, 0.29) is 5.69 Å². The van der Waals surface area contributed by atoms with Crippen molar-refractivity contribution in [1.29, 1.82) is 5.26 Å². The van der Waals surface area contributed by atoms with Crippen molar-refractivity contribution in [2.24, 2.45) is 17.1 Å². The SMILES string of the molecule is C/C=C1\[C@H](C)C(C(F)(F)F)(C(F)(F)F)C(C#N)=C(N)N1c1ccc(F)c(Cl)c1. The average Bonchev–Trinajstić information content (AvgIpc) is 2.56. The minimum absolute atomic E-state index is 0.0884. The van der Waals surface area contributed by atoms with Gasteiger partial charge in [0.2, 0.25) is 5.41 Å². The Morgan fingerprint density at radius 3 is 2.14 bits per heavy atom. The Kier molecular flexibility index (Phi) is 5.38. The van der Waals surface area contributed by atoms with Gasteiger partial charge in [-0.2, -0.15) is 31.6 Å². The van der Waals surface area contributed by atoms with Gasteiger partial charge in [-0.1, -0.05) is 24.6 Å². The number of nitrogens with zero attached hydrogens (tertiary/aromatic N) is 2. The first-order valence-electron chi connectivity index (χ1n) is 7.70. The Morgan fingerprint density at radius 1 is 1.21 bits per heavy atom. The molecule has 0 fully saturated rings. The summed E-state index contributed by atoms with van der Waals surface area (Å²) in [6, 6.07) is 3.94. The van der Waals surface area contributed by atoms with Gasteiger partial charge in [-0.3, -0.25) is 4.90 Å². The first kappa shape index (κ1) is 21.9. The van der Waals surface area contributed by atoms with Crippen molar-refractivity contribution >= 4 is 17.3 Å². The van der Waals surface area contributed by atoms with E-state index in [1.165, 1.54) is 6.92 Å². The third kappa shape index (κ3) is 2.89. The van der Waals surface area contributed by atoms with E-state index < -0.39 is 51.6 Å². The second-order valence-electron chi connectivity index (χ2n) is 6.04. The Bertz CT molecular complexity index is 879. The van der Waals surface area contributed by atoms with Gasteiger partial charge in [-0.15, -0.1) is 0 Å². The molecule has 152 valence electrons. The third-order valence-corrected chi connectivity index (χ3v) is 5.00. The van der Waals surface area contributed by atoms with Crippen molar-refractivity contribution in [2.75, 3.05) is 4.90 Å². The monoisotopic (exact) mass is 427 g/mol. The topological polar surface area (TPSA) is 53.1 Å². The molecule has 1 aliphatic heterocycles. The zero-order valence-corrected chi connectivity index (χ0v) is 15.1. The van der Waals surface area contributed by atoms with Crippen molar-refractivity contribution in [3.05, 3.63) is 52.2 Å². The lowest BCUT2D eigenvalue weighted by atomic mass is 9.65. The molecule has 1 heterocycles. The van der Waals surface area contributed by atoms with Crippen molar-refractivity contribution in [1.82, 2.24) is 0 Å². The molecule has 1 aromatic carbocycles. The fourth-order valence-electron chi connectivity index (χ4n) is 3.46. The second kappa shape index (κ2) is 6.88. The Morgan fingerprint density at radius 2 is 1.75 bits per heavy atom. The van der Waals surface area contributed by atoms with Gasteiger partial charge in [-0.05, 0) is 25.1 Å². The van der Waals surface area contributed by atoms with E-state index in [2.05, 4.69) is 0 Å². The zero-order valence-electron chi connectivity index (χ0n) is 14.4. The normalized spacial score (nSPS) is 21.8. The molecule has 0 unspecified atom stereocenters. The average molecular weight is 428 g/mol. The van der Waals surface area contributed by atoms with Crippen molar-refractivity contribution in [3.8, 4) is 6.07 Å². The van der Waals surface area contributed by atoms with Crippen molar-refractivity contribution < 1.29 is 30.7 Å². The van der Waals surface area contributed by atoms with Crippen LogP contribution in [0.15, 0.2) is 41.4 Å². The summed E-state index contributed by atoms with van der Waals surface area (Å²) in [5.74, 6) is -4.17. The number of nitrogens with two attached hydrogens (primary N) is 1. The summed E-state index contributed by atoms with van der Waals surface area (Å²) >= 11 is 5.68. The second-order valence-corrected chi connectivity index (χ2v) is 6.45. The molecular weight excluding hydrogens is 415 g/mol. The van der Waals surface area contributed by atoms with Gasteiger partial charge < -0.3 is 5.73 Å². The molecule has 0 radical (unpaired) electrons. The number of hydrogen-bond acceptors (Lipinski definition) is 3. The fraction of sp³-hybridized carbons (Fsp3) is 0.353.